The van der Waals surface area contributed by atoms with Gasteiger partial charge in [0.15, 0.2) is 23.1 Å². The first-order valence-corrected chi connectivity index (χ1v) is 7.60. The quantitative estimate of drug-likeness (QED) is 0.800. The molecule has 0 N–H and O–H groups in total. The molecule has 0 saturated heterocycles. The van der Waals surface area contributed by atoms with Crippen molar-refractivity contribution in [1.29, 1.82) is 0 Å². The first kappa shape index (κ1) is 17.7. The van der Waals surface area contributed by atoms with E-state index in [0.29, 0.717) is 30.3 Å². The van der Waals surface area contributed by atoms with Crippen molar-refractivity contribution in [3.63, 3.8) is 0 Å². The molecule has 0 aromatic heterocycles. The second-order valence-corrected chi connectivity index (χ2v) is 4.99. The minimum absolute atomic E-state index is 0.255. The summed E-state index contributed by atoms with van der Waals surface area (Å²) in [5.41, 5.74) is 0.611. The molecule has 0 aliphatic carbocycles. The molecule has 0 unspecified atom stereocenters. The molecule has 0 spiro atoms. The highest BCUT2D eigenvalue weighted by Crippen LogP contribution is 2.29. The number of ether oxygens (including phenoxy) is 2. The van der Waals surface area contributed by atoms with Gasteiger partial charge in [0.1, 0.15) is 0 Å². The summed E-state index contributed by atoms with van der Waals surface area (Å²) in [6, 6.07) is 8.14. The lowest BCUT2D eigenvalue weighted by molar-refractivity contribution is 0.0992. The number of halogens is 2. The number of hydrogen-bond donors (Lipinski definition) is 0. The zero-order valence-electron chi connectivity index (χ0n) is 13.8. The van der Waals surface area contributed by atoms with Gasteiger partial charge >= 0.3 is 0 Å². The van der Waals surface area contributed by atoms with Crippen LogP contribution in [0.1, 0.15) is 24.2 Å². The van der Waals surface area contributed by atoms with E-state index in [0.717, 1.165) is 12.1 Å². The highest BCUT2D eigenvalue weighted by molar-refractivity contribution is 6.06. The van der Waals surface area contributed by atoms with E-state index >= 15 is 0 Å². The summed E-state index contributed by atoms with van der Waals surface area (Å²) < 4.78 is 37.3. The van der Waals surface area contributed by atoms with E-state index in [9.17, 15) is 13.6 Å². The summed E-state index contributed by atoms with van der Waals surface area (Å²) in [6.07, 6.45) is 0. The molecule has 24 heavy (non-hydrogen) atoms. The molecule has 0 radical (unpaired) electrons. The molecule has 6 heteroatoms. The van der Waals surface area contributed by atoms with E-state index in [1.54, 1.807) is 18.2 Å². The molecule has 0 saturated carbocycles. The average molecular weight is 335 g/mol. The number of carbonyl (C=O) groups is 1. The van der Waals surface area contributed by atoms with Crippen LogP contribution in [0.2, 0.25) is 0 Å². The minimum atomic E-state index is -1.01. The molecule has 0 bridgehead atoms. The zero-order chi connectivity index (χ0) is 17.7. The van der Waals surface area contributed by atoms with Crippen LogP contribution in [0.3, 0.4) is 0 Å². The summed E-state index contributed by atoms with van der Waals surface area (Å²) in [6.45, 7) is 4.59. The summed E-state index contributed by atoms with van der Waals surface area (Å²) in [5, 5.41) is 0. The van der Waals surface area contributed by atoms with E-state index in [1.807, 2.05) is 13.8 Å². The number of rotatable bonds is 6. The number of nitrogens with zero attached hydrogens (tertiary/aromatic N) is 1. The lowest BCUT2D eigenvalue weighted by atomic mass is 10.1. The molecule has 2 aromatic rings. The maximum Gasteiger partial charge on any atom is 0.258 e. The zero-order valence-corrected chi connectivity index (χ0v) is 13.8. The van der Waals surface area contributed by atoms with E-state index < -0.39 is 11.6 Å². The second kappa shape index (κ2) is 7.77. The predicted molar refractivity (Wildman–Crippen MR) is 87.9 cm³/mol. The topological polar surface area (TPSA) is 38.8 Å². The van der Waals surface area contributed by atoms with Crippen LogP contribution in [0, 0.1) is 11.6 Å². The Hall–Kier alpha value is -2.63. The van der Waals surface area contributed by atoms with Gasteiger partial charge in [-0.2, -0.15) is 0 Å². The van der Waals surface area contributed by atoms with Gasteiger partial charge in [0, 0.05) is 24.4 Å². The van der Waals surface area contributed by atoms with Gasteiger partial charge in [0.05, 0.1) is 13.2 Å². The number of benzene rings is 2. The fraction of sp³-hybridized carbons (Fsp3) is 0.278. The van der Waals surface area contributed by atoms with E-state index in [1.165, 1.54) is 18.0 Å². The molecular weight excluding hydrogens is 316 g/mol. The molecule has 2 rings (SSSR count). The summed E-state index contributed by atoms with van der Waals surface area (Å²) in [4.78, 5) is 13.8. The van der Waals surface area contributed by atoms with E-state index in [-0.39, 0.29) is 11.6 Å². The average Bonchev–Trinajstić information content (AvgIpc) is 2.58. The van der Waals surface area contributed by atoms with Gasteiger partial charge in [-0.25, -0.2) is 8.78 Å². The largest absolute Gasteiger partial charge is 0.490 e. The predicted octanol–water partition coefficient (Wildman–Crippen LogP) is 4.04. The summed E-state index contributed by atoms with van der Waals surface area (Å²) in [5.74, 6) is -1.33. The van der Waals surface area contributed by atoms with Crippen molar-refractivity contribution in [3.05, 3.63) is 53.6 Å². The molecule has 0 atom stereocenters. The lowest BCUT2D eigenvalue weighted by Crippen LogP contribution is -2.26. The van der Waals surface area contributed by atoms with Crippen LogP contribution in [0.4, 0.5) is 14.5 Å². The molecule has 0 heterocycles. The number of anilines is 1. The van der Waals surface area contributed by atoms with Crippen LogP contribution in [-0.4, -0.2) is 26.2 Å². The molecule has 1 amide bonds. The standard InChI is InChI=1S/C18H19F2NO3/c1-4-23-16-9-6-12(10-17(16)24-5-2)18(22)21(3)13-7-8-14(19)15(20)11-13/h6-11H,4-5H2,1-3H3. The van der Waals surface area contributed by atoms with Crippen LogP contribution in [-0.2, 0) is 0 Å². The van der Waals surface area contributed by atoms with Gasteiger partial charge in [0.2, 0.25) is 0 Å². The maximum absolute atomic E-state index is 13.4. The Kier molecular flexibility index (Phi) is 5.73. The number of carbonyl (C=O) groups excluding carboxylic acids is 1. The van der Waals surface area contributed by atoms with Crippen LogP contribution < -0.4 is 14.4 Å². The fourth-order valence-electron chi connectivity index (χ4n) is 2.19. The van der Waals surface area contributed by atoms with Gasteiger partial charge < -0.3 is 14.4 Å². The van der Waals surface area contributed by atoms with Gasteiger partial charge in [0.25, 0.3) is 5.91 Å². The molecule has 0 aliphatic rings. The highest BCUT2D eigenvalue weighted by Gasteiger charge is 2.17. The van der Waals surface area contributed by atoms with Gasteiger partial charge in [-0.05, 0) is 44.2 Å². The van der Waals surface area contributed by atoms with Crippen molar-refractivity contribution < 1.29 is 23.0 Å². The Morgan fingerprint density at radius 1 is 0.958 bits per heavy atom. The molecule has 0 fully saturated rings. The first-order chi connectivity index (χ1) is 11.5. The van der Waals surface area contributed by atoms with Crippen LogP contribution >= 0.6 is 0 Å². The first-order valence-electron chi connectivity index (χ1n) is 7.60. The van der Waals surface area contributed by atoms with Crippen molar-refractivity contribution in [2.24, 2.45) is 0 Å². The van der Waals surface area contributed by atoms with E-state index in [4.69, 9.17) is 9.47 Å². The minimum Gasteiger partial charge on any atom is -0.490 e. The van der Waals surface area contributed by atoms with E-state index in [2.05, 4.69) is 0 Å². The summed E-state index contributed by atoms with van der Waals surface area (Å²) in [7, 11) is 1.49. The Labute approximate surface area is 139 Å². The van der Waals surface area contributed by atoms with Crippen LogP contribution in [0.15, 0.2) is 36.4 Å². The molecular formula is C18H19F2NO3. The van der Waals surface area contributed by atoms with Crippen molar-refractivity contribution in [2.75, 3.05) is 25.2 Å². The SMILES string of the molecule is CCOc1ccc(C(=O)N(C)c2ccc(F)c(F)c2)cc1OCC. The van der Waals surface area contributed by atoms with Gasteiger partial charge in [-0.15, -0.1) is 0 Å². The molecule has 128 valence electrons. The smallest absolute Gasteiger partial charge is 0.258 e. The lowest BCUT2D eigenvalue weighted by Gasteiger charge is -2.19. The number of amides is 1. The van der Waals surface area contributed by atoms with Crippen molar-refractivity contribution >= 4 is 11.6 Å². The van der Waals surface area contributed by atoms with Crippen molar-refractivity contribution in [3.8, 4) is 11.5 Å². The Bertz CT molecular complexity index is 734. The van der Waals surface area contributed by atoms with Crippen molar-refractivity contribution in [1.82, 2.24) is 0 Å². The Balaban J connectivity index is 2.30. The van der Waals surface area contributed by atoms with Crippen LogP contribution in [0.5, 0.6) is 11.5 Å². The monoisotopic (exact) mass is 335 g/mol. The summed E-state index contributed by atoms with van der Waals surface area (Å²) >= 11 is 0. The van der Waals surface area contributed by atoms with Crippen LogP contribution in [0.25, 0.3) is 0 Å². The Morgan fingerprint density at radius 2 is 1.62 bits per heavy atom. The molecule has 2 aromatic carbocycles. The number of hydrogen-bond acceptors (Lipinski definition) is 3. The highest BCUT2D eigenvalue weighted by atomic mass is 19.2. The third kappa shape index (κ3) is 3.82. The third-order valence-electron chi connectivity index (χ3n) is 3.39. The maximum atomic E-state index is 13.4. The third-order valence-corrected chi connectivity index (χ3v) is 3.39. The molecule has 0 aliphatic heterocycles. The van der Waals surface area contributed by atoms with Gasteiger partial charge in [-0.1, -0.05) is 0 Å². The fourth-order valence-corrected chi connectivity index (χ4v) is 2.19. The molecule has 4 nitrogen and oxygen atoms in total. The normalized spacial score (nSPS) is 10.4. The second-order valence-electron chi connectivity index (χ2n) is 4.99. The Morgan fingerprint density at radius 3 is 2.25 bits per heavy atom. The van der Waals surface area contributed by atoms with Gasteiger partial charge in [-0.3, -0.25) is 4.79 Å². The van der Waals surface area contributed by atoms with Crippen molar-refractivity contribution in [2.45, 2.75) is 13.8 Å².